The fourth-order valence-corrected chi connectivity index (χ4v) is 4.46. The maximum atomic E-state index is 11.4. The summed E-state index contributed by atoms with van der Waals surface area (Å²) in [6, 6.07) is 3.67. The summed E-state index contributed by atoms with van der Waals surface area (Å²) in [4.78, 5) is 24.8. The Balaban J connectivity index is 1.99. The fraction of sp³-hybridized carbons (Fsp3) is 0.548. The predicted molar refractivity (Wildman–Crippen MR) is 154 cm³/mol. The van der Waals surface area contributed by atoms with Gasteiger partial charge < -0.3 is 29.2 Å². The molecule has 0 amide bonds. The summed E-state index contributed by atoms with van der Waals surface area (Å²) >= 11 is 0. The monoisotopic (exact) mass is 559 g/mol. The lowest BCUT2D eigenvalue weighted by atomic mass is 10.0. The van der Waals surface area contributed by atoms with E-state index >= 15 is 0 Å². The van der Waals surface area contributed by atoms with Crippen molar-refractivity contribution in [1.82, 2.24) is 4.90 Å². The summed E-state index contributed by atoms with van der Waals surface area (Å²) in [6.07, 6.45) is -1.60. The number of aliphatic hydroxyl groups excluding tert-OH is 2. The molecule has 0 radical (unpaired) electrons. The molecule has 0 bridgehead atoms. The zero-order valence-electron chi connectivity index (χ0n) is 25.5. The highest BCUT2D eigenvalue weighted by Crippen LogP contribution is 2.34. The minimum absolute atomic E-state index is 0.0628. The van der Waals surface area contributed by atoms with Crippen LogP contribution in [0.15, 0.2) is 12.1 Å². The van der Waals surface area contributed by atoms with Gasteiger partial charge >= 0.3 is 11.9 Å². The third kappa shape index (κ3) is 8.94. The molecular formula is C31H45NO8. The maximum Gasteiger partial charge on any atom is 0.308 e. The lowest BCUT2D eigenvalue weighted by molar-refractivity contribution is -0.132. The van der Waals surface area contributed by atoms with Gasteiger partial charge in [0.2, 0.25) is 0 Å². The molecule has 9 heteroatoms. The second kappa shape index (κ2) is 14.5. The van der Waals surface area contributed by atoms with E-state index in [9.17, 15) is 19.8 Å². The number of rotatable bonds is 13. The Morgan fingerprint density at radius 3 is 1.35 bits per heavy atom. The Bertz CT molecular complexity index is 1120. The lowest BCUT2D eigenvalue weighted by Crippen LogP contribution is -2.45. The number of carbonyl (C=O) groups excluding carboxylic acids is 2. The van der Waals surface area contributed by atoms with Crippen LogP contribution in [0.5, 0.6) is 23.0 Å². The molecule has 2 rings (SSSR count). The van der Waals surface area contributed by atoms with Crippen LogP contribution < -0.4 is 18.9 Å². The standard InChI is InChI=1S/C31H45NO8/c1-17(2)32(13-26(35)15-37-28-11-18(3)30(39-24(9)33)22(7)20(28)5)14-27(36)16-38-29-12-19(4)31(40-25(10)34)23(8)21(29)6/h11-12,17,26-27,35-36H,13-16H2,1-10H3. The Labute approximate surface area is 238 Å². The molecule has 2 N–H and O–H groups in total. The van der Waals surface area contributed by atoms with Crippen molar-refractivity contribution in [3.63, 3.8) is 0 Å². The Hall–Kier alpha value is -3.14. The summed E-state index contributed by atoms with van der Waals surface area (Å²) in [5.41, 5.74) is 4.85. The van der Waals surface area contributed by atoms with Crippen LogP contribution in [-0.2, 0) is 9.59 Å². The first-order valence-corrected chi connectivity index (χ1v) is 13.6. The molecule has 0 spiro atoms. The normalized spacial score (nSPS) is 12.8. The largest absolute Gasteiger partial charge is 0.491 e. The molecule has 9 nitrogen and oxygen atoms in total. The highest BCUT2D eigenvalue weighted by molar-refractivity contribution is 5.72. The number of aryl methyl sites for hydroxylation is 2. The van der Waals surface area contributed by atoms with E-state index in [2.05, 4.69) is 0 Å². The third-order valence-electron chi connectivity index (χ3n) is 6.93. The average Bonchev–Trinajstić information content (AvgIpc) is 2.86. The number of benzene rings is 2. The van der Waals surface area contributed by atoms with Crippen molar-refractivity contribution in [3.8, 4) is 23.0 Å². The Kier molecular flexibility index (Phi) is 12.0. The second-order valence-electron chi connectivity index (χ2n) is 10.7. The van der Waals surface area contributed by atoms with Crippen LogP contribution in [0.4, 0.5) is 0 Å². The van der Waals surface area contributed by atoms with Gasteiger partial charge in [0.25, 0.3) is 0 Å². The smallest absolute Gasteiger partial charge is 0.308 e. The lowest BCUT2D eigenvalue weighted by Gasteiger charge is -2.31. The van der Waals surface area contributed by atoms with Gasteiger partial charge in [0.1, 0.15) is 48.4 Å². The minimum atomic E-state index is -0.801. The highest BCUT2D eigenvalue weighted by atomic mass is 16.5. The van der Waals surface area contributed by atoms with E-state index in [0.717, 1.165) is 33.4 Å². The number of esters is 2. The topological polar surface area (TPSA) is 115 Å². The van der Waals surface area contributed by atoms with Crippen molar-refractivity contribution in [2.45, 2.75) is 87.5 Å². The van der Waals surface area contributed by atoms with Crippen LogP contribution in [0, 0.1) is 41.5 Å². The Morgan fingerprint density at radius 1 is 0.700 bits per heavy atom. The van der Waals surface area contributed by atoms with Crippen molar-refractivity contribution < 1.29 is 38.7 Å². The van der Waals surface area contributed by atoms with Crippen molar-refractivity contribution in [2.24, 2.45) is 0 Å². The van der Waals surface area contributed by atoms with Crippen LogP contribution in [0.25, 0.3) is 0 Å². The van der Waals surface area contributed by atoms with Crippen LogP contribution in [0.1, 0.15) is 61.1 Å². The van der Waals surface area contributed by atoms with Gasteiger partial charge in [-0.05, 0) is 101 Å². The van der Waals surface area contributed by atoms with Crippen molar-refractivity contribution in [1.29, 1.82) is 0 Å². The summed E-state index contributed by atoms with van der Waals surface area (Å²) in [5, 5.41) is 21.5. The van der Waals surface area contributed by atoms with E-state index < -0.39 is 12.2 Å². The summed E-state index contributed by atoms with van der Waals surface area (Å²) in [5.74, 6) is 1.54. The molecule has 0 saturated carbocycles. The zero-order chi connectivity index (χ0) is 30.3. The molecule has 0 fully saturated rings. The van der Waals surface area contributed by atoms with Gasteiger partial charge in [-0.15, -0.1) is 0 Å². The van der Waals surface area contributed by atoms with E-state index in [-0.39, 0.29) is 31.2 Å². The van der Waals surface area contributed by atoms with E-state index in [4.69, 9.17) is 18.9 Å². The molecule has 2 atom stereocenters. The highest BCUT2D eigenvalue weighted by Gasteiger charge is 2.21. The van der Waals surface area contributed by atoms with Crippen molar-refractivity contribution in [2.75, 3.05) is 26.3 Å². The number of ether oxygens (including phenoxy) is 4. The van der Waals surface area contributed by atoms with Crippen LogP contribution in [-0.4, -0.2) is 71.6 Å². The Morgan fingerprint density at radius 2 is 1.05 bits per heavy atom. The number of carbonyl (C=O) groups is 2. The number of hydrogen-bond acceptors (Lipinski definition) is 9. The number of aliphatic hydroxyl groups is 2. The van der Waals surface area contributed by atoms with E-state index in [1.165, 1.54) is 13.8 Å². The fourth-order valence-electron chi connectivity index (χ4n) is 4.46. The van der Waals surface area contributed by atoms with Gasteiger partial charge in [-0.2, -0.15) is 0 Å². The quantitative estimate of drug-likeness (QED) is 0.274. The molecule has 0 heterocycles. The SMILES string of the molecule is CC(=O)Oc1c(C)cc(OCC(O)CN(CC(O)COc2cc(C)c(OC(C)=O)c(C)c2C)C(C)C)c(C)c1C. The predicted octanol–water partition coefficient (Wildman–Crippen LogP) is 4.28. The van der Waals surface area contributed by atoms with Crippen molar-refractivity contribution in [3.05, 3.63) is 45.5 Å². The second-order valence-corrected chi connectivity index (χ2v) is 10.7. The van der Waals surface area contributed by atoms with E-state index in [1.807, 2.05) is 60.3 Å². The van der Waals surface area contributed by atoms with Crippen LogP contribution in [0.2, 0.25) is 0 Å². The molecule has 0 aliphatic carbocycles. The molecule has 0 saturated heterocycles. The number of nitrogens with zero attached hydrogens (tertiary/aromatic N) is 1. The van der Waals surface area contributed by atoms with Gasteiger partial charge in [0.05, 0.1) is 0 Å². The van der Waals surface area contributed by atoms with Gasteiger partial charge in [-0.1, -0.05) is 0 Å². The molecule has 0 aliphatic rings. The van der Waals surface area contributed by atoms with Crippen LogP contribution >= 0.6 is 0 Å². The first-order chi connectivity index (χ1) is 18.6. The molecular weight excluding hydrogens is 514 g/mol. The molecule has 2 aromatic carbocycles. The average molecular weight is 560 g/mol. The maximum absolute atomic E-state index is 11.4. The summed E-state index contributed by atoms with van der Waals surface area (Å²) < 4.78 is 22.6. The zero-order valence-corrected chi connectivity index (χ0v) is 25.5. The van der Waals surface area contributed by atoms with Crippen molar-refractivity contribution >= 4 is 11.9 Å². The summed E-state index contributed by atoms with van der Waals surface area (Å²) in [7, 11) is 0. The molecule has 222 valence electrons. The summed E-state index contributed by atoms with van der Waals surface area (Å²) in [6.45, 7) is 18.6. The first-order valence-electron chi connectivity index (χ1n) is 13.6. The third-order valence-corrected chi connectivity index (χ3v) is 6.93. The first kappa shape index (κ1) is 33.1. The van der Waals surface area contributed by atoms with E-state index in [0.29, 0.717) is 36.1 Å². The molecule has 0 aromatic heterocycles. The van der Waals surface area contributed by atoms with Crippen LogP contribution in [0.3, 0.4) is 0 Å². The number of hydrogen-bond donors (Lipinski definition) is 2. The molecule has 2 aromatic rings. The van der Waals surface area contributed by atoms with Gasteiger partial charge in [-0.25, -0.2) is 0 Å². The molecule has 40 heavy (non-hydrogen) atoms. The van der Waals surface area contributed by atoms with Gasteiger partial charge in [0.15, 0.2) is 0 Å². The van der Waals surface area contributed by atoms with E-state index in [1.54, 1.807) is 12.1 Å². The van der Waals surface area contributed by atoms with Gasteiger partial charge in [-0.3, -0.25) is 14.5 Å². The van der Waals surface area contributed by atoms with Gasteiger partial charge in [0, 0.05) is 33.0 Å². The molecule has 0 aliphatic heterocycles. The minimum Gasteiger partial charge on any atom is -0.491 e. The molecule has 2 unspecified atom stereocenters.